The number of nitrogens with zero attached hydrogens (tertiary/aromatic N) is 2. The van der Waals surface area contributed by atoms with E-state index in [2.05, 4.69) is 22.2 Å². The Balaban J connectivity index is 2.36. The summed E-state index contributed by atoms with van der Waals surface area (Å²) in [6.45, 7) is 2.83. The zero-order valence-corrected chi connectivity index (χ0v) is 11.8. The summed E-state index contributed by atoms with van der Waals surface area (Å²) in [6.07, 6.45) is 7.03. The number of anilines is 1. The first-order valence-corrected chi connectivity index (χ1v) is 6.87. The number of carbonyl (C=O) groups excluding carboxylic acids is 1. The molecule has 1 N–H and O–H groups in total. The second kappa shape index (κ2) is 9.44. The number of ether oxygens (including phenoxy) is 1. The van der Waals surface area contributed by atoms with Gasteiger partial charge in [-0.1, -0.05) is 13.3 Å². The quantitative estimate of drug-likeness (QED) is 0.697. The summed E-state index contributed by atoms with van der Waals surface area (Å²) in [5.74, 6) is 0.370. The van der Waals surface area contributed by atoms with Crippen LogP contribution in [-0.2, 0) is 16.0 Å². The average molecular weight is 265 g/mol. The van der Waals surface area contributed by atoms with E-state index < -0.39 is 0 Å². The minimum absolute atomic E-state index is 0.0382. The van der Waals surface area contributed by atoms with E-state index in [0.29, 0.717) is 19.0 Å². The van der Waals surface area contributed by atoms with Crippen LogP contribution >= 0.6 is 0 Å². The lowest BCUT2D eigenvalue weighted by molar-refractivity contribution is -0.116. The topological polar surface area (TPSA) is 64.1 Å². The van der Waals surface area contributed by atoms with Crippen molar-refractivity contribution in [2.75, 3.05) is 19.0 Å². The Bertz CT molecular complexity index is 383. The smallest absolute Gasteiger partial charge is 0.229 e. The van der Waals surface area contributed by atoms with Gasteiger partial charge in [-0.15, -0.1) is 0 Å². The van der Waals surface area contributed by atoms with E-state index in [0.717, 1.165) is 37.8 Å². The van der Waals surface area contributed by atoms with Gasteiger partial charge in [0, 0.05) is 32.0 Å². The van der Waals surface area contributed by atoms with Crippen molar-refractivity contribution >= 4 is 11.9 Å². The molecule has 0 radical (unpaired) electrons. The fourth-order valence-electron chi connectivity index (χ4n) is 1.67. The number of hydrogen-bond donors (Lipinski definition) is 1. The van der Waals surface area contributed by atoms with Crippen molar-refractivity contribution in [1.82, 2.24) is 9.97 Å². The monoisotopic (exact) mass is 265 g/mol. The zero-order chi connectivity index (χ0) is 13.9. The minimum atomic E-state index is -0.0382. The molecule has 5 heteroatoms. The van der Waals surface area contributed by atoms with Crippen LogP contribution in [-0.4, -0.2) is 29.6 Å². The lowest BCUT2D eigenvalue weighted by atomic mass is 10.2. The molecule has 1 aromatic rings. The van der Waals surface area contributed by atoms with Crippen molar-refractivity contribution in [3.8, 4) is 0 Å². The van der Waals surface area contributed by atoms with E-state index in [-0.39, 0.29) is 5.91 Å². The highest BCUT2D eigenvalue weighted by Gasteiger charge is 2.05. The third-order valence-electron chi connectivity index (χ3n) is 2.75. The fraction of sp³-hybridized carbons (Fsp3) is 0.643. The van der Waals surface area contributed by atoms with Gasteiger partial charge in [-0.25, -0.2) is 9.97 Å². The molecule has 0 aromatic carbocycles. The molecule has 0 aliphatic carbocycles. The number of methoxy groups -OCH3 is 1. The maximum Gasteiger partial charge on any atom is 0.229 e. The molecule has 0 spiro atoms. The maximum absolute atomic E-state index is 11.7. The molecule has 1 heterocycles. The first-order chi connectivity index (χ1) is 9.26. The van der Waals surface area contributed by atoms with E-state index in [4.69, 9.17) is 4.74 Å². The number of aryl methyl sites for hydroxylation is 1. The highest BCUT2D eigenvalue weighted by atomic mass is 16.5. The minimum Gasteiger partial charge on any atom is -0.385 e. The van der Waals surface area contributed by atoms with Gasteiger partial charge < -0.3 is 4.74 Å². The summed E-state index contributed by atoms with van der Waals surface area (Å²) >= 11 is 0. The molecule has 19 heavy (non-hydrogen) atoms. The summed E-state index contributed by atoms with van der Waals surface area (Å²) in [5.41, 5.74) is 0.978. The van der Waals surface area contributed by atoms with Gasteiger partial charge in [0.15, 0.2) is 0 Å². The Morgan fingerprint density at radius 1 is 1.37 bits per heavy atom. The van der Waals surface area contributed by atoms with Gasteiger partial charge in [0.1, 0.15) is 0 Å². The van der Waals surface area contributed by atoms with Gasteiger partial charge >= 0.3 is 0 Å². The summed E-state index contributed by atoms with van der Waals surface area (Å²) < 4.78 is 4.94. The summed E-state index contributed by atoms with van der Waals surface area (Å²) in [7, 11) is 1.66. The van der Waals surface area contributed by atoms with Gasteiger partial charge in [-0.3, -0.25) is 10.1 Å². The highest BCUT2D eigenvalue weighted by Crippen LogP contribution is 2.06. The van der Waals surface area contributed by atoms with Crippen LogP contribution in [0.5, 0.6) is 0 Å². The predicted octanol–water partition coefficient (Wildman–Crippen LogP) is 2.57. The SMILES string of the molecule is CCCCc1ccnc(NC(=O)CCCCOC)n1. The van der Waals surface area contributed by atoms with Crippen LogP contribution in [0.3, 0.4) is 0 Å². The van der Waals surface area contributed by atoms with Crippen LogP contribution in [0, 0.1) is 0 Å². The summed E-state index contributed by atoms with van der Waals surface area (Å²) in [6, 6.07) is 1.89. The number of unbranched alkanes of at least 4 members (excludes halogenated alkanes) is 2. The molecule has 0 unspecified atom stereocenters. The van der Waals surface area contributed by atoms with E-state index in [1.807, 2.05) is 6.07 Å². The van der Waals surface area contributed by atoms with Gasteiger partial charge in [0.05, 0.1) is 0 Å². The number of carbonyl (C=O) groups is 1. The van der Waals surface area contributed by atoms with Crippen LogP contribution in [0.25, 0.3) is 0 Å². The number of hydrogen-bond acceptors (Lipinski definition) is 4. The van der Waals surface area contributed by atoms with Crippen molar-refractivity contribution in [1.29, 1.82) is 0 Å². The lowest BCUT2D eigenvalue weighted by Gasteiger charge is -2.05. The molecule has 1 aromatic heterocycles. The maximum atomic E-state index is 11.7. The van der Waals surface area contributed by atoms with Crippen molar-refractivity contribution in [3.05, 3.63) is 18.0 Å². The van der Waals surface area contributed by atoms with E-state index in [1.165, 1.54) is 0 Å². The third-order valence-corrected chi connectivity index (χ3v) is 2.75. The number of rotatable bonds is 9. The van der Waals surface area contributed by atoms with Crippen LogP contribution in [0.15, 0.2) is 12.3 Å². The van der Waals surface area contributed by atoms with Gasteiger partial charge in [0.25, 0.3) is 0 Å². The molecule has 0 saturated heterocycles. The molecular formula is C14H23N3O2. The predicted molar refractivity (Wildman–Crippen MR) is 75.0 cm³/mol. The van der Waals surface area contributed by atoms with E-state index in [9.17, 15) is 4.79 Å². The second-order valence-electron chi connectivity index (χ2n) is 4.47. The van der Waals surface area contributed by atoms with Crippen LogP contribution in [0.2, 0.25) is 0 Å². The van der Waals surface area contributed by atoms with Crippen LogP contribution in [0.1, 0.15) is 44.7 Å². The second-order valence-corrected chi connectivity index (χ2v) is 4.47. The Kier molecular flexibility index (Phi) is 7.74. The largest absolute Gasteiger partial charge is 0.385 e. The molecule has 5 nitrogen and oxygen atoms in total. The Morgan fingerprint density at radius 2 is 2.21 bits per heavy atom. The third kappa shape index (κ3) is 6.86. The van der Waals surface area contributed by atoms with Crippen molar-refractivity contribution in [3.63, 3.8) is 0 Å². The van der Waals surface area contributed by atoms with Crippen LogP contribution in [0.4, 0.5) is 5.95 Å². The molecule has 0 fully saturated rings. The summed E-state index contributed by atoms with van der Waals surface area (Å²) in [4.78, 5) is 20.1. The molecule has 1 rings (SSSR count). The Labute approximate surface area is 114 Å². The van der Waals surface area contributed by atoms with E-state index >= 15 is 0 Å². The summed E-state index contributed by atoms with van der Waals surface area (Å²) in [5, 5.41) is 2.73. The van der Waals surface area contributed by atoms with Gasteiger partial charge in [0.2, 0.25) is 11.9 Å². The molecule has 1 amide bonds. The number of aromatic nitrogens is 2. The molecule has 0 aliphatic rings. The molecule has 0 saturated carbocycles. The zero-order valence-electron chi connectivity index (χ0n) is 11.8. The molecule has 0 aliphatic heterocycles. The molecule has 106 valence electrons. The van der Waals surface area contributed by atoms with Gasteiger partial charge in [-0.2, -0.15) is 0 Å². The standard InChI is InChI=1S/C14H23N3O2/c1-3-4-7-12-9-10-15-14(16-12)17-13(18)8-5-6-11-19-2/h9-10H,3-8,11H2,1-2H3,(H,15,16,17,18). The number of nitrogens with one attached hydrogen (secondary N) is 1. The highest BCUT2D eigenvalue weighted by molar-refractivity contribution is 5.88. The lowest BCUT2D eigenvalue weighted by Crippen LogP contribution is -2.14. The average Bonchev–Trinajstić information content (AvgIpc) is 2.42. The number of amides is 1. The first kappa shape index (κ1) is 15.6. The van der Waals surface area contributed by atoms with E-state index in [1.54, 1.807) is 13.3 Å². The Hall–Kier alpha value is -1.49. The van der Waals surface area contributed by atoms with Gasteiger partial charge in [-0.05, 0) is 31.7 Å². The van der Waals surface area contributed by atoms with Crippen molar-refractivity contribution in [2.45, 2.75) is 45.4 Å². The fourth-order valence-corrected chi connectivity index (χ4v) is 1.67. The normalized spacial score (nSPS) is 10.4. The first-order valence-electron chi connectivity index (χ1n) is 6.87. The van der Waals surface area contributed by atoms with Crippen molar-refractivity contribution in [2.24, 2.45) is 0 Å². The molecule has 0 bridgehead atoms. The molecule has 0 atom stereocenters. The Morgan fingerprint density at radius 3 is 2.95 bits per heavy atom. The molecular weight excluding hydrogens is 242 g/mol. The van der Waals surface area contributed by atoms with Crippen molar-refractivity contribution < 1.29 is 9.53 Å². The van der Waals surface area contributed by atoms with Crippen LogP contribution < -0.4 is 5.32 Å².